The molecule has 0 saturated heterocycles. The Morgan fingerprint density at radius 1 is 0.232 bits per heavy atom. The van der Waals surface area contributed by atoms with Crippen molar-refractivity contribution in [2.75, 3.05) is 0 Å². The summed E-state index contributed by atoms with van der Waals surface area (Å²) in [5.41, 5.74) is 12.1. The molecule has 0 aliphatic rings. The molecule has 0 fully saturated rings. The lowest BCUT2D eigenvalue weighted by molar-refractivity contribution is 1.57. The van der Waals surface area contributed by atoms with Gasteiger partial charge in [-0.3, -0.25) is 0 Å². The fourth-order valence-corrected chi connectivity index (χ4v) is 8.32. The number of hydrogen-bond donors (Lipinski definition) is 0. The molecule has 0 aliphatic heterocycles. The second kappa shape index (κ2) is 14.5. The minimum Gasteiger partial charge on any atom is -0.0616 e. The van der Waals surface area contributed by atoms with Crippen molar-refractivity contribution in [3.05, 3.63) is 252 Å². The normalized spacial score (nSPS) is 11.2. The van der Waals surface area contributed by atoms with Crippen molar-refractivity contribution in [2.45, 2.75) is 0 Å². The average Bonchev–Trinajstić information content (AvgIpc) is 3.27. The van der Waals surface area contributed by atoms with Gasteiger partial charge in [0.2, 0.25) is 0 Å². The van der Waals surface area contributed by atoms with Gasteiger partial charge in [-0.25, -0.2) is 0 Å². The van der Waals surface area contributed by atoms with Crippen molar-refractivity contribution in [1.82, 2.24) is 0 Å². The fraction of sp³-hybridized carbons (Fsp3) is 0. The Balaban J connectivity index is 1.03. The first-order valence-electron chi connectivity index (χ1n) is 19.3. The van der Waals surface area contributed by atoms with E-state index in [-0.39, 0.29) is 0 Å². The predicted octanol–water partition coefficient (Wildman–Crippen LogP) is 15.1. The molecule has 0 heterocycles. The van der Waals surface area contributed by atoms with Gasteiger partial charge in [-0.15, -0.1) is 0 Å². The first-order chi connectivity index (χ1) is 27.8. The highest BCUT2D eigenvalue weighted by Crippen LogP contribution is 2.38. The molecule has 0 heteroatoms. The highest BCUT2D eigenvalue weighted by Gasteiger charge is 2.14. The van der Waals surface area contributed by atoms with Crippen molar-refractivity contribution in [1.29, 1.82) is 0 Å². The van der Waals surface area contributed by atoms with Crippen molar-refractivity contribution in [2.24, 2.45) is 0 Å². The van der Waals surface area contributed by atoms with Crippen LogP contribution < -0.4 is 0 Å². The molecule has 0 N–H and O–H groups in total. The van der Waals surface area contributed by atoms with Gasteiger partial charge in [-0.2, -0.15) is 0 Å². The van der Waals surface area contributed by atoms with Crippen LogP contribution >= 0.6 is 0 Å². The second-order valence-electron chi connectivity index (χ2n) is 14.5. The molecule has 0 radical (unpaired) electrons. The van der Waals surface area contributed by atoms with E-state index in [0.717, 1.165) is 0 Å². The molecule has 0 aromatic heterocycles. The topological polar surface area (TPSA) is 0 Å². The average molecular weight is 711 g/mol. The van der Waals surface area contributed by atoms with E-state index in [1.54, 1.807) is 0 Å². The molecule has 56 heavy (non-hydrogen) atoms. The highest BCUT2D eigenvalue weighted by molar-refractivity contribution is 6.09. The number of benzene rings is 10. The molecule has 0 unspecified atom stereocenters. The van der Waals surface area contributed by atoms with Crippen LogP contribution in [0, 0.1) is 0 Å². The first kappa shape index (κ1) is 33.3. The molecule has 0 aliphatic carbocycles. The van der Waals surface area contributed by atoms with Crippen LogP contribution in [0.4, 0.5) is 0 Å². The van der Waals surface area contributed by atoms with Gasteiger partial charge in [0.1, 0.15) is 0 Å². The van der Waals surface area contributed by atoms with E-state index in [1.807, 2.05) is 0 Å². The molecule has 0 nitrogen and oxygen atoms in total. The van der Waals surface area contributed by atoms with Crippen LogP contribution in [0.15, 0.2) is 218 Å². The lowest BCUT2D eigenvalue weighted by Crippen LogP contribution is -1.92. The van der Waals surface area contributed by atoms with Crippen LogP contribution in [-0.2, 0) is 0 Å². The van der Waals surface area contributed by atoms with Crippen LogP contribution in [-0.4, -0.2) is 0 Å². The van der Waals surface area contributed by atoms with Crippen LogP contribution in [0.3, 0.4) is 0 Å². The molecule has 0 amide bonds. The Morgan fingerprint density at radius 2 is 0.482 bits per heavy atom. The van der Waals surface area contributed by atoms with E-state index in [2.05, 4.69) is 231 Å². The summed E-state index contributed by atoms with van der Waals surface area (Å²) in [6.45, 7) is 0. The molecule has 0 atom stereocenters. The van der Waals surface area contributed by atoms with Crippen LogP contribution in [0.2, 0.25) is 0 Å². The lowest BCUT2D eigenvalue weighted by Gasteiger charge is -2.15. The lowest BCUT2D eigenvalue weighted by atomic mass is 9.88. The predicted molar refractivity (Wildman–Crippen MR) is 242 cm³/mol. The van der Waals surface area contributed by atoms with Gasteiger partial charge in [0.25, 0.3) is 0 Å². The smallest absolute Gasteiger partial charge is 0.00930 e. The molecule has 10 aromatic carbocycles. The summed E-state index contributed by atoms with van der Waals surface area (Å²) in [7, 11) is 0. The van der Waals surface area contributed by atoms with Gasteiger partial charge in [-0.1, -0.05) is 218 Å². The van der Waals surface area contributed by atoms with E-state index in [9.17, 15) is 0 Å². The van der Waals surface area contributed by atoms with Crippen molar-refractivity contribution in [3.63, 3.8) is 0 Å². The molecule has 0 saturated carbocycles. The minimum absolute atomic E-state index is 1.17. The minimum atomic E-state index is 1.17. The molecule has 0 bridgehead atoms. The van der Waals surface area contributed by atoms with Gasteiger partial charge in [-0.05, 0) is 111 Å². The van der Waals surface area contributed by atoms with E-state index in [4.69, 9.17) is 0 Å². The third kappa shape index (κ3) is 6.28. The monoisotopic (exact) mass is 710 g/mol. The number of fused-ring (bicyclic) bond motifs is 4. The van der Waals surface area contributed by atoms with E-state index < -0.39 is 0 Å². The summed E-state index contributed by atoms with van der Waals surface area (Å²) in [6.07, 6.45) is 4.70. The van der Waals surface area contributed by atoms with E-state index in [0.29, 0.717) is 0 Å². The molecular weight excluding hydrogens is 673 g/mol. The van der Waals surface area contributed by atoms with Gasteiger partial charge in [0.05, 0.1) is 0 Å². The van der Waals surface area contributed by atoms with E-state index in [1.165, 1.54) is 98.7 Å². The zero-order chi connectivity index (χ0) is 37.3. The van der Waals surface area contributed by atoms with Gasteiger partial charge >= 0.3 is 0 Å². The zero-order valence-electron chi connectivity index (χ0n) is 30.9. The SMILES string of the molecule is C(=C(c1cccc2ccccc12)c1cccc2ccccc12)c1ccc(-c2ccc(C=C(c3cccc4ccccc34)c3cccc4ccccc34)cc2)cc1. The van der Waals surface area contributed by atoms with Gasteiger partial charge in [0.15, 0.2) is 0 Å². The maximum absolute atomic E-state index is 2.35. The Labute approximate surface area is 328 Å². The first-order valence-corrected chi connectivity index (χ1v) is 19.3. The van der Waals surface area contributed by atoms with Crippen LogP contribution in [0.25, 0.3) is 77.5 Å². The molecule has 10 rings (SSSR count). The molecule has 10 aromatic rings. The largest absolute Gasteiger partial charge is 0.0616 e. The summed E-state index contributed by atoms with van der Waals surface area (Å²) in [4.78, 5) is 0. The van der Waals surface area contributed by atoms with E-state index >= 15 is 0 Å². The highest BCUT2D eigenvalue weighted by atomic mass is 14.2. The summed E-state index contributed by atoms with van der Waals surface area (Å²) in [5, 5.41) is 9.98. The fourth-order valence-electron chi connectivity index (χ4n) is 8.32. The van der Waals surface area contributed by atoms with Crippen molar-refractivity contribution < 1.29 is 0 Å². The Morgan fingerprint density at radius 3 is 0.768 bits per heavy atom. The van der Waals surface area contributed by atoms with Crippen molar-refractivity contribution >= 4 is 66.4 Å². The van der Waals surface area contributed by atoms with Gasteiger partial charge in [0, 0.05) is 0 Å². The Hall–Kier alpha value is -7.28. The number of hydrogen-bond acceptors (Lipinski definition) is 0. The molecular formula is C56H38. The van der Waals surface area contributed by atoms with Crippen molar-refractivity contribution in [3.8, 4) is 11.1 Å². The standard InChI is InChI=1S/C56H38/c1-5-21-47-43(13-1)17-9-25-51(47)55(52-26-10-18-44-14-2-6-22-48(44)52)37-39-29-33-41(34-30-39)42-35-31-40(32-36-42)38-56(53-27-11-19-45-15-3-7-23-49(45)53)54-28-12-20-46-16-4-8-24-50(46)54/h1-38H. The zero-order valence-corrected chi connectivity index (χ0v) is 30.9. The summed E-state index contributed by atoms with van der Waals surface area (Å²) in [5.74, 6) is 0. The Bertz CT molecular complexity index is 2710. The van der Waals surface area contributed by atoms with Gasteiger partial charge < -0.3 is 0 Å². The second-order valence-corrected chi connectivity index (χ2v) is 14.5. The summed E-state index contributed by atoms with van der Waals surface area (Å²) >= 11 is 0. The Kier molecular flexibility index (Phi) is 8.63. The third-order valence-electron chi connectivity index (χ3n) is 11.1. The van der Waals surface area contributed by atoms with Crippen LogP contribution in [0.5, 0.6) is 0 Å². The quantitative estimate of drug-likeness (QED) is 0.144. The summed E-state index contributed by atoms with van der Waals surface area (Å²) < 4.78 is 0. The molecule has 262 valence electrons. The molecule has 0 spiro atoms. The maximum atomic E-state index is 2.35. The summed E-state index contributed by atoms with van der Waals surface area (Å²) in [6, 6.07) is 79.2. The maximum Gasteiger partial charge on any atom is -0.00930 e. The number of rotatable bonds is 7. The third-order valence-corrected chi connectivity index (χ3v) is 11.1. The van der Waals surface area contributed by atoms with Crippen LogP contribution in [0.1, 0.15) is 33.4 Å².